The molecule has 1 fully saturated rings. The molecule has 2 atom stereocenters. The highest BCUT2D eigenvalue weighted by Gasteiger charge is 2.36. The number of aromatic nitrogens is 3. The van der Waals surface area contributed by atoms with E-state index < -0.39 is 17.8 Å². The van der Waals surface area contributed by atoms with Gasteiger partial charge in [-0.2, -0.15) is 0 Å². The number of para-hydroxylation sites is 1. The zero-order valence-corrected chi connectivity index (χ0v) is 20.3. The first-order valence-electron chi connectivity index (χ1n) is 12.4. The number of amides is 2. The molecule has 2 unspecified atom stereocenters. The lowest BCUT2D eigenvalue weighted by molar-refractivity contribution is -0.143. The Kier molecular flexibility index (Phi) is 7.51. The molecule has 190 valence electrons. The summed E-state index contributed by atoms with van der Waals surface area (Å²) in [5, 5.41) is 11.2. The van der Waals surface area contributed by atoms with Crippen LogP contribution >= 0.6 is 0 Å². The molecule has 8 nitrogen and oxygen atoms in total. The Labute approximate surface area is 214 Å². The normalized spacial score (nSPS) is 16.0. The van der Waals surface area contributed by atoms with Crippen molar-refractivity contribution in [2.75, 3.05) is 13.2 Å². The van der Waals surface area contributed by atoms with Gasteiger partial charge in [0.25, 0.3) is 0 Å². The van der Waals surface area contributed by atoms with E-state index in [-0.39, 0.29) is 37.2 Å². The van der Waals surface area contributed by atoms with Crippen LogP contribution < -0.4 is 5.32 Å². The van der Waals surface area contributed by atoms with Gasteiger partial charge in [-0.3, -0.25) is 9.59 Å². The fourth-order valence-electron chi connectivity index (χ4n) is 4.64. The minimum absolute atomic E-state index is 0.128. The van der Waals surface area contributed by atoms with Gasteiger partial charge in [-0.1, -0.05) is 65.9 Å². The van der Waals surface area contributed by atoms with Gasteiger partial charge in [0, 0.05) is 25.3 Å². The summed E-state index contributed by atoms with van der Waals surface area (Å²) in [6.07, 6.45) is 1.38. The van der Waals surface area contributed by atoms with Crippen molar-refractivity contribution in [3.05, 3.63) is 95.8 Å². The van der Waals surface area contributed by atoms with Crippen molar-refractivity contribution in [2.45, 2.75) is 38.1 Å². The van der Waals surface area contributed by atoms with E-state index >= 15 is 4.39 Å². The van der Waals surface area contributed by atoms with Crippen LogP contribution in [0.4, 0.5) is 4.39 Å². The molecule has 1 aromatic heterocycles. The Hall–Kier alpha value is -4.11. The first-order chi connectivity index (χ1) is 18.1. The summed E-state index contributed by atoms with van der Waals surface area (Å²) < 4.78 is 22.4. The number of ether oxygens (including phenoxy) is 1. The number of nitrogens with one attached hydrogen (secondary N) is 1. The van der Waals surface area contributed by atoms with Crippen LogP contribution in [-0.2, 0) is 27.4 Å². The van der Waals surface area contributed by atoms with Crippen molar-refractivity contribution in [3.8, 4) is 0 Å². The van der Waals surface area contributed by atoms with E-state index in [1.54, 1.807) is 18.2 Å². The van der Waals surface area contributed by atoms with Gasteiger partial charge in [0.05, 0.1) is 11.6 Å². The van der Waals surface area contributed by atoms with E-state index in [9.17, 15) is 9.59 Å². The second-order valence-corrected chi connectivity index (χ2v) is 9.04. The molecule has 1 N–H and O–H groups in total. The molecule has 4 aromatic rings. The lowest BCUT2D eigenvalue weighted by Gasteiger charge is -2.33. The molecule has 9 heteroatoms. The van der Waals surface area contributed by atoms with Crippen molar-refractivity contribution in [1.82, 2.24) is 25.2 Å². The Bertz CT molecular complexity index is 1370. The number of hydrogen-bond acceptors (Lipinski definition) is 5. The number of carbonyl (C=O) groups is 2. The fraction of sp³-hybridized carbons (Fsp3) is 0.286. The molecule has 1 aliphatic rings. The van der Waals surface area contributed by atoms with Gasteiger partial charge < -0.3 is 15.0 Å². The second kappa shape index (κ2) is 11.3. The number of halogens is 1. The van der Waals surface area contributed by atoms with E-state index in [1.807, 2.05) is 54.6 Å². The average molecular weight is 502 g/mol. The van der Waals surface area contributed by atoms with Crippen LogP contribution in [0.3, 0.4) is 0 Å². The molecule has 0 aliphatic carbocycles. The summed E-state index contributed by atoms with van der Waals surface area (Å²) in [7, 11) is 0. The summed E-state index contributed by atoms with van der Waals surface area (Å²) >= 11 is 0. The first kappa shape index (κ1) is 24.6. The van der Waals surface area contributed by atoms with Crippen LogP contribution in [0.25, 0.3) is 11.0 Å². The lowest BCUT2D eigenvalue weighted by Crippen LogP contribution is -2.48. The predicted octanol–water partition coefficient (Wildman–Crippen LogP) is 3.64. The third-order valence-electron chi connectivity index (χ3n) is 6.52. The number of rotatable bonds is 9. The molecule has 2 heterocycles. The van der Waals surface area contributed by atoms with Gasteiger partial charge in [0.15, 0.2) is 0 Å². The fourth-order valence-corrected chi connectivity index (χ4v) is 4.64. The van der Waals surface area contributed by atoms with Crippen LogP contribution in [0.2, 0.25) is 0 Å². The van der Waals surface area contributed by atoms with E-state index in [4.69, 9.17) is 4.74 Å². The van der Waals surface area contributed by atoms with Crippen molar-refractivity contribution >= 4 is 22.8 Å². The van der Waals surface area contributed by atoms with Gasteiger partial charge in [0.2, 0.25) is 11.8 Å². The second-order valence-electron chi connectivity index (χ2n) is 9.04. The minimum atomic E-state index is -1.18. The van der Waals surface area contributed by atoms with Crippen molar-refractivity contribution < 1.29 is 18.7 Å². The van der Waals surface area contributed by atoms with E-state index in [0.717, 1.165) is 18.4 Å². The van der Waals surface area contributed by atoms with E-state index in [1.165, 1.54) is 15.6 Å². The topological polar surface area (TPSA) is 89.4 Å². The van der Waals surface area contributed by atoms with Gasteiger partial charge in [-0.05, 0) is 36.6 Å². The van der Waals surface area contributed by atoms with Gasteiger partial charge in [0.1, 0.15) is 23.9 Å². The molecule has 0 saturated carbocycles. The molecule has 1 saturated heterocycles. The van der Waals surface area contributed by atoms with Gasteiger partial charge in [-0.15, -0.1) is 5.10 Å². The maximum Gasteiger partial charge on any atom is 0.247 e. The molecule has 0 radical (unpaired) electrons. The van der Waals surface area contributed by atoms with Crippen LogP contribution in [0.5, 0.6) is 0 Å². The molecule has 2 amide bonds. The number of hydrogen-bond donors (Lipinski definition) is 1. The number of nitrogens with zero attached hydrogens (tertiary/aromatic N) is 4. The smallest absolute Gasteiger partial charge is 0.247 e. The maximum atomic E-state index is 15.1. The largest absolute Gasteiger partial charge is 0.376 e. The molecule has 5 rings (SSSR count). The van der Waals surface area contributed by atoms with Crippen LogP contribution in [0, 0.1) is 5.82 Å². The molecule has 3 aromatic carbocycles. The highest BCUT2D eigenvalue weighted by molar-refractivity contribution is 5.89. The van der Waals surface area contributed by atoms with Gasteiger partial charge in [-0.25, -0.2) is 9.07 Å². The summed E-state index contributed by atoms with van der Waals surface area (Å²) in [5.74, 6) is -1.41. The third kappa shape index (κ3) is 5.67. The number of benzene rings is 3. The van der Waals surface area contributed by atoms with Crippen molar-refractivity contribution in [2.24, 2.45) is 0 Å². The van der Waals surface area contributed by atoms with Crippen LogP contribution in [0.15, 0.2) is 78.9 Å². The molecule has 0 bridgehead atoms. The van der Waals surface area contributed by atoms with Crippen LogP contribution in [-0.4, -0.2) is 51.0 Å². The molecule has 37 heavy (non-hydrogen) atoms. The monoisotopic (exact) mass is 501 g/mol. The maximum absolute atomic E-state index is 15.1. The van der Waals surface area contributed by atoms with E-state index in [0.29, 0.717) is 17.6 Å². The Morgan fingerprint density at radius 1 is 1.05 bits per heavy atom. The minimum Gasteiger partial charge on any atom is -0.376 e. The summed E-state index contributed by atoms with van der Waals surface area (Å²) in [6, 6.07) is 21.6. The summed E-state index contributed by atoms with van der Waals surface area (Å²) in [4.78, 5) is 28.9. The van der Waals surface area contributed by atoms with Crippen molar-refractivity contribution in [1.29, 1.82) is 0 Å². The SMILES string of the molecule is O=C(NCc1ccccc1)C(c1ccccc1F)N(CC1CCCO1)C(=O)Cn1nnc2ccccc21. The van der Waals surface area contributed by atoms with Gasteiger partial charge >= 0.3 is 0 Å². The molecule has 0 spiro atoms. The standard InChI is InChI=1S/C28H28FN5O3/c29-23-13-5-4-12-22(23)27(28(36)30-17-20-9-2-1-3-10-20)33(18-21-11-8-16-37-21)26(35)19-34-25-15-7-6-14-24(25)31-32-34/h1-7,9-10,12-15,21,27H,8,11,16-19H2,(H,30,36). The predicted molar refractivity (Wildman–Crippen MR) is 136 cm³/mol. The molecular weight excluding hydrogens is 473 g/mol. The zero-order valence-electron chi connectivity index (χ0n) is 20.3. The quantitative estimate of drug-likeness (QED) is 0.378. The summed E-state index contributed by atoms with van der Waals surface area (Å²) in [6.45, 7) is 0.846. The Balaban J connectivity index is 1.48. The Morgan fingerprint density at radius 3 is 2.59 bits per heavy atom. The number of carbonyl (C=O) groups excluding carboxylic acids is 2. The average Bonchev–Trinajstić information content (AvgIpc) is 3.59. The highest BCUT2D eigenvalue weighted by Crippen LogP contribution is 2.27. The lowest BCUT2D eigenvalue weighted by atomic mass is 10.0. The van der Waals surface area contributed by atoms with E-state index in [2.05, 4.69) is 15.6 Å². The Morgan fingerprint density at radius 2 is 1.81 bits per heavy atom. The molecular formula is C28H28FN5O3. The molecule has 1 aliphatic heterocycles. The number of fused-ring (bicyclic) bond motifs is 1. The first-order valence-corrected chi connectivity index (χ1v) is 12.4. The highest BCUT2D eigenvalue weighted by atomic mass is 19.1. The zero-order chi connectivity index (χ0) is 25.6. The third-order valence-corrected chi connectivity index (χ3v) is 6.52. The van der Waals surface area contributed by atoms with Crippen molar-refractivity contribution in [3.63, 3.8) is 0 Å². The summed E-state index contributed by atoms with van der Waals surface area (Å²) in [5.41, 5.74) is 2.38. The van der Waals surface area contributed by atoms with Crippen LogP contribution in [0.1, 0.15) is 30.0 Å².